The molecule has 0 rings (SSSR count). The smallest absolute Gasteiger partial charge is 0.0604 e. The van der Waals surface area contributed by atoms with E-state index >= 15 is 0 Å². The summed E-state index contributed by atoms with van der Waals surface area (Å²) in [6.45, 7) is 10.2. The van der Waals surface area contributed by atoms with Gasteiger partial charge in [-0.15, -0.1) is 0 Å². The highest BCUT2D eigenvalue weighted by Crippen LogP contribution is 2.03. The van der Waals surface area contributed by atoms with E-state index in [9.17, 15) is 0 Å². The van der Waals surface area contributed by atoms with E-state index in [0.29, 0.717) is 12.2 Å². The normalized spacial score (nSPS) is 11.8. The lowest BCUT2D eigenvalue weighted by atomic mass is 10.2. The van der Waals surface area contributed by atoms with Crippen molar-refractivity contribution in [1.29, 1.82) is 0 Å². The molecular formula is C13H22N2O. The fourth-order valence-electron chi connectivity index (χ4n) is 1.06. The van der Waals surface area contributed by atoms with Crippen LogP contribution < -0.4 is 5.32 Å². The molecule has 0 spiro atoms. The number of aliphatic imine (C=N–C) groups is 1. The minimum absolute atomic E-state index is 0.0908. The largest absolute Gasteiger partial charge is 0.395 e. The zero-order chi connectivity index (χ0) is 12.2. The van der Waals surface area contributed by atoms with Crippen LogP contribution in [0.5, 0.6) is 0 Å². The van der Waals surface area contributed by atoms with Crippen LogP contribution in [0.1, 0.15) is 26.2 Å². The third kappa shape index (κ3) is 8.00. The van der Waals surface area contributed by atoms with Crippen LogP contribution in [0.25, 0.3) is 0 Å². The third-order valence-electron chi connectivity index (χ3n) is 1.95. The SMILES string of the molecule is C=CC(=C/CCCC)/N=C/C(=C)NCCO. The number of rotatable bonds is 9. The van der Waals surface area contributed by atoms with Crippen molar-refractivity contribution in [3.05, 3.63) is 36.7 Å². The maximum Gasteiger partial charge on any atom is 0.0604 e. The average Bonchev–Trinajstić information content (AvgIpc) is 2.31. The first-order valence-corrected chi connectivity index (χ1v) is 5.64. The third-order valence-corrected chi connectivity index (χ3v) is 1.95. The molecule has 0 bridgehead atoms. The van der Waals surface area contributed by atoms with Crippen LogP contribution in [0, 0.1) is 0 Å². The molecule has 0 atom stereocenters. The Kier molecular flexibility index (Phi) is 9.32. The number of allylic oxidation sites excluding steroid dienone is 3. The molecule has 90 valence electrons. The van der Waals surface area contributed by atoms with Crippen LogP contribution >= 0.6 is 0 Å². The molecule has 0 aliphatic heterocycles. The summed E-state index contributed by atoms with van der Waals surface area (Å²) >= 11 is 0. The van der Waals surface area contributed by atoms with Gasteiger partial charge in [0.25, 0.3) is 0 Å². The van der Waals surface area contributed by atoms with Gasteiger partial charge in [0, 0.05) is 12.2 Å². The Balaban J connectivity index is 4.09. The number of nitrogens with zero attached hydrogens (tertiary/aromatic N) is 1. The minimum Gasteiger partial charge on any atom is -0.395 e. The molecule has 0 aromatic heterocycles. The lowest BCUT2D eigenvalue weighted by Crippen LogP contribution is -2.17. The highest BCUT2D eigenvalue weighted by molar-refractivity contribution is 5.77. The van der Waals surface area contributed by atoms with Crippen molar-refractivity contribution >= 4 is 6.21 Å². The number of aliphatic hydroxyl groups is 1. The Morgan fingerprint density at radius 1 is 1.50 bits per heavy atom. The summed E-state index contributed by atoms with van der Waals surface area (Å²) < 4.78 is 0. The van der Waals surface area contributed by atoms with E-state index in [4.69, 9.17) is 5.11 Å². The monoisotopic (exact) mass is 222 g/mol. The summed E-state index contributed by atoms with van der Waals surface area (Å²) in [6.07, 6.45) is 8.80. The van der Waals surface area contributed by atoms with E-state index in [2.05, 4.69) is 36.5 Å². The van der Waals surface area contributed by atoms with Crippen molar-refractivity contribution in [2.24, 2.45) is 4.99 Å². The van der Waals surface area contributed by atoms with E-state index in [-0.39, 0.29) is 6.61 Å². The molecule has 0 heterocycles. The second kappa shape index (κ2) is 10.2. The van der Waals surface area contributed by atoms with Crippen LogP contribution in [0.4, 0.5) is 0 Å². The van der Waals surface area contributed by atoms with Crippen molar-refractivity contribution in [1.82, 2.24) is 5.32 Å². The zero-order valence-corrected chi connectivity index (χ0v) is 10.1. The Morgan fingerprint density at radius 3 is 2.81 bits per heavy atom. The van der Waals surface area contributed by atoms with Gasteiger partial charge in [0.2, 0.25) is 0 Å². The van der Waals surface area contributed by atoms with E-state index in [0.717, 1.165) is 18.5 Å². The van der Waals surface area contributed by atoms with Crippen molar-refractivity contribution in [2.45, 2.75) is 26.2 Å². The molecule has 2 N–H and O–H groups in total. The van der Waals surface area contributed by atoms with Gasteiger partial charge in [0.15, 0.2) is 0 Å². The molecule has 0 saturated carbocycles. The number of nitrogens with one attached hydrogen (secondary N) is 1. The fourth-order valence-corrected chi connectivity index (χ4v) is 1.06. The van der Waals surface area contributed by atoms with Gasteiger partial charge >= 0.3 is 0 Å². The van der Waals surface area contributed by atoms with Crippen molar-refractivity contribution in [2.75, 3.05) is 13.2 Å². The van der Waals surface area contributed by atoms with E-state index < -0.39 is 0 Å². The molecule has 0 unspecified atom stereocenters. The van der Waals surface area contributed by atoms with Gasteiger partial charge in [0.05, 0.1) is 18.5 Å². The summed E-state index contributed by atoms with van der Waals surface area (Å²) in [5.74, 6) is 0. The highest BCUT2D eigenvalue weighted by atomic mass is 16.3. The Morgan fingerprint density at radius 2 is 2.25 bits per heavy atom. The maximum absolute atomic E-state index is 8.61. The van der Waals surface area contributed by atoms with Crippen molar-refractivity contribution in [3.8, 4) is 0 Å². The predicted molar refractivity (Wildman–Crippen MR) is 70.5 cm³/mol. The molecule has 0 aliphatic rings. The van der Waals surface area contributed by atoms with Crippen molar-refractivity contribution < 1.29 is 5.11 Å². The predicted octanol–water partition coefficient (Wildman–Crippen LogP) is 2.41. The van der Waals surface area contributed by atoms with Gasteiger partial charge in [-0.3, -0.25) is 4.99 Å². The summed E-state index contributed by atoms with van der Waals surface area (Å²) in [6, 6.07) is 0. The van der Waals surface area contributed by atoms with E-state index in [1.165, 1.54) is 6.42 Å². The first-order valence-electron chi connectivity index (χ1n) is 5.64. The lowest BCUT2D eigenvalue weighted by Gasteiger charge is -2.01. The lowest BCUT2D eigenvalue weighted by molar-refractivity contribution is 0.298. The van der Waals surface area contributed by atoms with Crippen LogP contribution in [0.3, 0.4) is 0 Å². The molecule has 0 aromatic carbocycles. The summed E-state index contributed by atoms with van der Waals surface area (Å²) in [4.78, 5) is 4.24. The number of aliphatic hydroxyl groups excluding tert-OH is 1. The summed E-state index contributed by atoms with van der Waals surface area (Å²) in [5.41, 5.74) is 1.55. The fraction of sp³-hybridized carbons (Fsp3) is 0.462. The van der Waals surface area contributed by atoms with Crippen LogP contribution in [0.2, 0.25) is 0 Å². The Labute approximate surface area is 98.3 Å². The molecule has 0 radical (unpaired) electrons. The van der Waals surface area contributed by atoms with Gasteiger partial charge < -0.3 is 10.4 Å². The molecule has 16 heavy (non-hydrogen) atoms. The quantitative estimate of drug-likeness (QED) is 0.357. The molecular weight excluding hydrogens is 200 g/mol. The molecule has 0 saturated heterocycles. The first-order chi connectivity index (χ1) is 7.74. The number of unbranched alkanes of at least 4 members (excludes halogenated alkanes) is 2. The average molecular weight is 222 g/mol. The number of hydrogen-bond donors (Lipinski definition) is 2. The maximum atomic E-state index is 8.61. The minimum atomic E-state index is 0.0908. The second-order valence-electron chi connectivity index (χ2n) is 3.41. The zero-order valence-electron chi connectivity index (χ0n) is 10.1. The van der Waals surface area contributed by atoms with Crippen LogP contribution in [0.15, 0.2) is 41.7 Å². The Hall–Kier alpha value is -1.35. The van der Waals surface area contributed by atoms with E-state index in [1.807, 2.05) is 0 Å². The first kappa shape index (κ1) is 14.6. The van der Waals surface area contributed by atoms with Gasteiger partial charge in [-0.1, -0.05) is 32.6 Å². The molecule has 3 nitrogen and oxygen atoms in total. The summed E-state index contributed by atoms with van der Waals surface area (Å²) in [7, 11) is 0. The van der Waals surface area contributed by atoms with Gasteiger partial charge in [-0.05, 0) is 18.9 Å². The molecule has 0 amide bonds. The van der Waals surface area contributed by atoms with Gasteiger partial charge in [-0.25, -0.2) is 0 Å². The standard InChI is InChI=1S/C13H22N2O/c1-4-6-7-8-13(5-2)15-11-12(3)14-9-10-16/h5,8,11,14,16H,2-4,6-7,9-10H2,1H3/b13-8-,15-11+. The molecule has 0 aromatic rings. The summed E-state index contributed by atoms with van der Waals surface area (Å²) in [5, 5.41) is 11.5. The number of hydrogen-bond acceptors (Lipinski definition) is 3. The molecule has 0 fully saturated rings. The van der Waals surface area contributed by atoms with Crippen molar-refractivity contribution in [3.63, 3.8) is 0 Å². The van der Waals surface area contributed by atoms with E-state index in [1.54, 1.807) is 12.3 Å². The van der Waals surface area contributed by atoms with Gasteiger partial charge in [-0.2, -0.15) is 0 Å². The molecule has 0 aliphatic carbocycles. The van der Waals surface area contributed by atoms with Gasteiger partial charge in [0.1, 0.15) is 0 Å². The Bertz CT molecular complexity index is 267. The highest BCUT2D eigenvalue weighted by Gasteiger charge is 1.89. The molecule has 3 heteroatoms. The van der Waals surface area contributed by atoms with Crippen LogP contribution in [-0.4, -0.2) is 24.5 Å². The topological polar surface area (TPSA) is 44.6 Å². The second-order valence-corrected chi connectivity index (χ2v) is 3.41. The van der Waals surface area contributed by atoms with Crippen LogP contribution in [-0.2, 0) is 0 Å².